The van der Waals surface area contributed by atoms with E-state index in [9.17, 15) is 37.1 Å². The number of hydrogen-bond donors (Lipinski definition) is 7. The highest BCUT2D eigenvalue weighted by molar-refractivity contribution is 6.00. The van der Waals surface area contributed by atoms with Crippen molar-refractivity contribution >= 4 is 29.5 Å². The summed E-state index contributed by atoms with van der Waals surface area (Å²) in [6.45, 7) is 3.09. The van der Waals surface area contributed by atoms with Crippen LogP contribution >= 0.6 is 0 Å². The van der Waals surface area contributed by atoms with Crippen LogP contribution in [0, 0.1) is 18.3 Å². The second kappa shape index (κ2) is 21.6. The third-order valence-corrected chi connectivity index (χ3v) is 11.8. The van der Waals surface area contributed by atoms with Gasteiger partial charge in [0, 0.05) is 49.4 Å². The van der Waals surface area contributed by atoms with Gasteiger partial charge < -0.3 is 52.8 Å². The number of carbonyl (C=O) groups is 5. The number of nitrogens with zero attached hydrogens (tertiary/aromatic N) is 4. The van der Waals surface area contributed by atoms with Gasteiger partial charge in [-0.1, -0.05) is 36.4 Å². The molecule has 1 aliphatic heterocycles. The van der Waals surface area contributed by atoms with Gasteiger partial charge >= 0.3 is 6.18 Å². The summed E-state index contributed by atoms with van der Waals surface area (Å²) in [6.07, 6.45) is -3.20. The maximum atomic E-state index is 14.6. The van der Waals surface area contributed by atoms with Crippen molar-refractivity contribution in [2.75, 3.05) is 46.4 Å². The quantitative estimate of drug-likeness (QED) is 0.0795. The van der Waals surface area contributed by atoms with Crippen molar-refractivity contribution in [2.24, 2.45) is 17.2 Å². The number of fused-ring (bicyclic) bond motifs is 5. The van der Waals surface area contributed by atoms with Crippen LogP contribution in [0.4, 0.5) is 13.2 Å². The first kappa shape index (κ1) is 50.3. The third kappa shape index (κ3) is 11.2. The summed E-state index contributed by atoms with van der Waals surface area (Å²) in [5, 5.41) is 19.7. The standard InChI is InChI=1S/C47H54F3N11O7/c1-26-34(25-56-40(57-26)29-5-8-31(9-6-29)46(13-14-46)47(48,49)50)42(63)59-35(12-15-51)45(66)61(3)39-30-7-11-38(68-21-18-54)33(24-30)32-22-28(4-10-37(32)67-20-17-53)23-36(43(64)55-19-16-52)60-41(62)27(2)58-44(39)65/h4-11,22,24-25,27,35-36,39H,12-15,17-21,23,51,53-54H2,1-3H3,(H,55,64)(H,58,65)(H,59,63)(H,60,62)/t27-,35-,36-,39-/m0/s1. The molecule has 4 atom stereocenters. The third-order valence-electron chi connectivity index (χ3n) is 11.8. The molecule has 0 saturated heterocycles. The highest BCUT2D eigenvalue weighted by atomic mass is 19.4. The Labute approximate surface area is 390 Å². The van der Waals surface area contributed by atoms with Gasteiger partial charge in [0.15, 0.2) is 5.82 Å². The normalized spacial score (nSPS) is 18.1. The van der Waals surface area contributed by atoms with Crippen molar-refractivity contribution in [2.45, 2.75) is 75.3 Å². The molecule has 10 N–H and O–H groups in total. The molecule has 4 aromatic rings. The number of likely N-dealkylation sites (N-methyl/N-ethyl adjacent to an activating group) is 1. The van der Waals surface area contributed by atoms with Crippen molar-refractivity contribution in [3.63, 3.8) is 0 Å². The van der Waals surface area contributed by atoms with Gasteiger partial charge in [-0.25, -0.2) is 9.97 Å². The lowest BCUT2D eigenvalue weighted by Gasteiger charge is -2.32. The molecule has 3 aromatic carbocycles. The Hall–Kier alpha value is -7.15. The van der Waals surface area contributed by atoms with Gasteiger partial charge in [0.25, 0.3) is 5.91 Å². The average Bonchev–Trinajstić information content (AvgIpc) is 4.14. The predicted molar refractivity (Wildman–Crippen MR) is 242 cm³/mol. The van der Waals surface area contributed by atoms with Crippen molar-refractivity contribution < 1.29 is 46.6 Å². The zero-order valence-electron chi connectivity index (χ0n) is 37.7. The summed E-state index contributed by atoms with van der Waals surface area (Å²) in [7, 11) is 1.36. The average molecular weight is 942 g/mol. The minimum absolute atomic E-state index is 0.000344. The van der Waals surface area contributed by atoms with Crippen molar-refractivity contribution in [1.82, 2.24) is 36.1 Å². The van der Waals surface area contributed by atoms with E-state index in [0.717, 1.165) is 4.90 Å². The number of nitriles is 1. The van der Waals surface area contributed by atoms with E-state index in [-0.39, 0.29) is 93.3 Å². The Bertz CT molecular complexity index is 2570. The van der Waals surface area contributed by atoms with Crippen LogP contribution in [0.2, 0.25) is 0 Å². The van der Waals surface area contributed by atoms with Crippen molar-refractivity contribution in [3.05, 3.63) is 94.8 Å². The maximum absolute atomic E-state index is 14.6. The molecule has 21 heteroatoms. The molecule has 1 aromatic heterocycles. The number of alkyl halides is 3. The fraction of sp³-hybridized carbons (Fsp3) is 0.404. The van der Waals surface area contributed by atoms with E-state index in [1.54, 1.807) is 43.3 Å². The highest BCUT2D eigenvalue weighted by Crippen LogP contribution is 2.59. The van der Waals surface area contributed by atoms with Gasteiger partial charge in [-0.05, 0) is 80.6 Å². The molecule has 18 nitrogen and oxygen atoms in total. The summed E-state index contributed by atoms with van der Waals surface area (Å²) in [4.78, 5) is 80.0. The van der Waals surface area contributed by atoms with Crippen LogP contribution in [0.15, 0.2) is 66.9 Å². The first-order valence-corrected chi connectivity index (χ1v) is 21.9. The number of hydrogen-bond acceptors (Lipinski definition) is 13. The molecule has 4 bridgehead atoms. The number of nitrogens with one attached hydrogen (secondary N) is 4. The maximum Gasteiger partial charge on any atom is 0.398 e. The second-order valence-corrected chi connectivity index (χ2v) is 16.5. The van der Waals surface area contributed by atoms with Gasteiger partial charge in [0.2, 0.25) is 23.6 Å². The van der Waals surface area contributed by atoms with Gasteiger partial charge in [0.05, 0.1) is 22.7 Å². The fourth-order valence-corrected chi connectivity index (χ4v) is 7.99. The minimum atomic E-state index is -4.37. The molecule has 1 fully saturated rings. The Morgan fingerprint density at radius 1 is 0.941 bits per heavy atom. The zero-order chi connectivity index (χ0) is 49.3. The Morgan fingerprint density at radius 2 is 1.59 bits per heavy atom. The molecule has 68 heavy (non-hydrogen) atoms. The van der Waals surface area contributed by atoms with Crippen LogP contribution in [-0.2, 0) is 31.0 Å². The predicted octanol–water partition coefficient (Wildman–Crippen LogP) is 2.22. The Morgan fingerprint density at radius 3 is 2.18 bits per heavy atom. The molecular formula is C47H54F3N11O7. The van der Waals surface area contributed by atoms with Crippen LogP contribution in [0.3, 0.4) is 0 Å². The largest absolute Gasteiger partial charge is 0.492 e. The lowest BCUT2D eigenvalue weighted by atomic mass is 9.93. The number of aromatic nitrogens is 2. The lowest BCUT2D eigenvalue weighted by molar-refractivity contribution is -0.160. The molecular weight excluding hydrogens is 888 g/mol. The summed E-state index contributed by atoms with van der Waals surface area (Å²) in [5.74, 6) is -2.82. The van der Waals surface area contributed by atoms with E-state index in [4.69, 9.17) is 31.9 Å². The SMILES string of the molecule is Cc1nc(-c2ccc(C3(C(F)(F)F)CC3)cc2)ncc1C(=O)N[C@@H](CCN)C(=O)N(C)[C@@H]1C(=O)N[C@@H](C)C(=O)N[C@H](C(=O)NCC#N)Cc2ccc(OCCN)c(c2)-c2cc1ccc2OCCN. The number of rotatable bonds is 16. The highest BCUT2D eigenvalue weighted by Gasteiger charge is 2.64. The molecule has 1 saturated carbocycles. The van der Waals surface area contributed by atoms with Crippen LogP contribution in [-0.4, -0.2) is 115 Å². The van der Waals surface area contributed by atoms with Crippen LogP contribution in [0.1, 0.15) is 65.0 Å². The topological polar surface area (TPSA) is 283 Å². The minimum Gasteiger partial charge on any atom is -0.492 e. The first-order valence-electron chi connectivity index (χ1n) is 21.9. The number of halogens is 3. The van der Waals surface area contributed by atoms with Crippen LogP contribution < -0.4 is 47.9 Å². The number of amides is 5. The molecule has 5 amide bonds. The van der Waals surface area contributed by atoms with Gasteiger partial charge in [-0.3, -0.25) is 24.0 Å². The summed E-state index contributed by atoms with van der Waals surface area (Å²) in [6, 6.07) is 12.4. The number of carbonyl (C=O) groups excluding carboxylic acids is 5. The van der Waals surface area contributed by atoms with E-state index in [1.807, 2.05) is 6.07 Å². The van der Waals surface area contributed by atoms with E-state index < -0.39 is 65.3 Å². The summed E-state index contributed by atoms with van der Waals surface area (Å²) >= 11 is 0. The molecule has 0 unspecified atom stereocenters. The number of benzene rings is 3. The molecule has 6 rings (SSSR count). The fourth-order valence-electron chi connectivity index (χ4n) is 7.99. The van der Waals surface area contributed by atoms with Gasteiger partial charge in [-0.15, -0.1) is 0 Å². The van der Waals surface area contributed by atoms with Crippen LogP contribution in [0.25, 0.3) is 22.5 Å². The molecule has 360 valence electrons. The number of nitrogens with two attached hydrogens (primary N) is 3. The molecule has 1 aliphatic carbocycles. The lowest BCUT2D eigenvalue weighted by Crippen LogP contribution is -2.56. The molecule has 0 spiro atoms. The van der Waals surface area contributed by atoms with E-state index in [2.05, 4.69) is 31.2 Å². The smallest absolute Gasteiger partial charge is 0.398 e. The summed E-state index contributed by atoms with van der Waals surface area (Å²) in [5.41, 5.74) is 18.2. The van der Waals surface area contributed by atoms with Gasteiger partial charge in [-0.2, -0.15) is 18.4 Å². The molecule has 0 radical (unpaired) electrons. The molecule has 2 aliphatic rings. The Kier molecular flexibility index (Phi) is 16.0. The van der Waals surface area contributed by atoms with E-state index >= 15 is 0 Å². The van der Waals surface area contributed by atoms with E-state index in [0.29, 0.717) is 33.8 Å². The Balaban J connectivity index is 1.35. The van der Waals surface area contributed by atoms with Crippen molar-refractivity contribution in [1.29, 1.82) is 5.26 Å². The first-order chi connectivity index (χ1) is 32.5. The van der Waals surface area contributed by atoms with Gasteiger partial charge in [0.1, 0.15) is 55.4 Å². The summed E-state index contributed by atoms with van der Waals surface area (Å²) < 4.78 is 53.3. The number of aryl methyl sites for hydroxylation is 1. The van der Waals surface area contributed by atoms with Crippen LogP contribution in [0.5, 0.6) is 11.5 Å². The van der Waals surface area contributed by atoms with E-state index in [1.165, 1.54) is 44.4 Å². The monoisotopic (exact) mass is 941 g/mol. The zero-order valence-corrected chi connectivity index (χ0v) is 37.7. The molecule has 2 heterocycles. The number of ether oxygens (including phenoxy) is 2. The second-order valence-electron chi connectivity index (χ2n) is 16.5. The van der Waals surface area contributed by atoms with Crippen molar-refractivity contribution in [3.8, 4) is 40.1 Å².